The lowest BCUT2D eigenvalue weighted by Crippen LogP contribution is -2.31. The van der Waals surface area contributed by atoms with Gasteiger partial charge in [0.05, 0.1) is 6.61 Å². The van der Waals surface area contributed by atoms with Crippen molar-refractivity contribution in [3.05, 3.63) is 53.9 Å². The van der Waals surface area contributed by atoms with Gasteiger partial charge in [0.2, 0.25) is 5.95 Å². The summed E-state index contributed by atoms with van der Waals surface area (Å²) in [5.41, 5.74) is 2.05. The number of aliphatic hydroxyl groups is 1. The van der Waals surface area contributed by atoms with E-state index in [1.807, 2.05) is 42.7 Å². The third kappa shape index (κ3) is 3.22. The molecule has 2 heterocycles. The average molecular weight is 283 g/mol. The van der Waals surface area contributed by atoms with Crippen molar-refractivity contribution in [1.29, 1.82) is 0 Å². The van der Waals surface area contributed by atoms with Crippen LogP contribution < -0.4 is 4.90 Å². The van der Waals surface area contributed by atoms with Crippen LogP contribution in [0.25, 0.3) is 0 Å². The molecule has 0 radical (unpaired) electrons. The zero-order valence-electron chi connectivity index (χ0n) is 12.2. The standard InChI is InChI=1S/C17H21N3O/c21-13-16(14-7-3-1-4-8-14)15-11-18-17(19-12-15)20-9-5-2-6-10-20/h1,3-4,7-8,11-12,16,21H,2,5-6,9-10,13H2/t16-/m1/s1. The molecule has 110 valence electrons. The third-order valence-electron chi connectivity index (χ3n) is 4.08. The summed E-state index contributed by atoms with van der Waals surface area (Å²) < 4.78 is 0. The molecule has 0 spiro atoms. The molecule has 0 bridgehead atoms. The lowest BCUT2D eigenvalue weighted by molar-refractivity contribution is 0.280. The maximum atomic E-state index is 9.68. The normalized spacial score (nSPS) is 16.7. The van der Waals surface area contributed by atoms with Crippen molar-refractivity contribution >= 4 is 5.95 Å². The van der Waals surface area contributed by atoms with Gasteiger partial charge in [-0.1, -0.05) is 30.3 Å². The van der Waals surface area contributed by atoms with Gasteiger partial charge in [-0.25, -0.2) is 9.97 Å². The zero-order chi connectivity index (χ0) is 14.5. The van der Waals surface area contributed by atoms with Crippen LogP contribution >= 0.6 is 0 Å². The maximum Gasteiger partial charge on any atom is 0.225 e. The van der Waals surface area contributed by atoms with Crippen LogP contribution in [0, 0.1) is 0 Å². The van der Waals surface area contributed by atoms with Gasteiger partial charge in [0.1, 0.15) is 0 Å². The van der Waals surface area contributed by atoms with E-state index in [1.165, 1.54) is 19.3 Å². The zero-order valence-corrected chi connectivity index (χ0v) is 12.2. The van der Waals surface area contributed by atoms with E-state index in [1.54, 1.807) is 0 Å². The van der Waals surface area contributed by atoms with Crippen LogP contribution in [0.5, 0.6) is 0 Å². The Morgan fingerprint density at radius 2 is 1.62 bits per heavy atom. The van der Waals surface area contributed by atoms with E-state index < -0.39 is 0 Å². The molecule has 21 heavy (non-hydrogen) atoms. The fourth-order valence-corrected chi connectivity index (χ4v) is 2.86. The van der Waals surface area contributed by atoms with Crippen molar-refractivity contribution in [2.45, 2.75) is 25.2 Å². The van der Waals surface area contributed by atoms with Gasteiger partial charge in [-0.3, -0.25) is 0 Å². The largest absolute Gasteiger partial charge is 0.395 e. The van der Waals surface area contributed by atoms with Gasteiger partial charge in [0, 0.05) is 31.4 Å². The first kappa shape index (κ1) is 14.0. The minimum atomic E-state index is -0.0541. The predicted molar refractivity (Wildman–Crippen MR) is 83.5 cm³/mol. The minimum Gasteiger partial charge on any atom is -0.395 e. The van der Waals surface area contributed by atoms with Crippen LogP contribution in [-0.4, -0.2) is 34.8 Å². The van der Waals surface area contributed by atoms with Crippen LogP contribution in [0.4, 0.5) is 5.95 Å². The second-order valence-corrected chi connectivity index (χ2v) is 5.51. The highest BCUT2D eigenvalue weighted by atomic mass is 16.3. The van der Waals surface area contributed by atoms with Crippen molar-refractivity contribution in [2.24, 2.45) is 0 Å². The lowest BCUT2D eigenvalue weighted by atomic mass is 9.94. The van der Waals surface area contributed by atoms with E-state index in [4.69, 9.17) is 0 Å². The fraction of sp³-hybridized carbons (Fsp3) is 0.412. The molecular weight excluding hydrogens is 262 g/mol. The van der Waals surface area contributed by atoms with Gasteiger partial charge in [-0.2, -0.15) is 0 Å². The van der Waals surface area contributed by atoms with Crippen LogP contribution in [0.1, 0.15) is 36.3 Å². The van der Waals surface area contributed by atoms with Crippen LogP contribution in [-0.2, 0) is 0 Å². The van der Waals surface area contributed by atoms with Gasteiger partial charge in [0.15, 0.2) is 0 Å². The number of nitrogens with zero attached hydrogens (tertiary/aromatic N) is 3. The number of rotatable bonds is 4. The molecule has 1 fully saturated rings. The summed E-state index contributed by atoms with van der Waals surface area (Å²) in [5, 5.41) is 9.68. The Balaban J connectivity index is 1.79. The first-order valence-electron chi connectivity index (χ1n) is 7.61. The number of aliphatic hydroxyl groups excluding tert-OH is 1. The number of piperidine rings is 1. The molecule has 1 aromatic heterocycles. The molecule has 1 aliphatic rings. The molecule has 0 amide bonds. The molecule has 3 rings (SSSR count). The number of benzene rings is 1. The topological polar surface area (TPSA) is 49.3 Å². The van der Waals surface area contributed by atoms with Crippen molar-refractivity contribution in [3.63, 3.8) is 0 Å². The van der Waals surface area contributed by atoms with E-state index in [0.717, 1.165) is 30.2 Å². The Labute approximate surface area is 125 Å². The van der Waals surface area contributed by atoms with E-state index in [-0.39, 0.29) is 12.5 Å². The number of hydrogen-bond acceptors (Lipinski definition) is 4. The first-order valence-corrected chi connectivity index (χ1v) is 7.61. The molecule has 1 aliphatic heterocycles. The summed E-state index contributed by atoms with van der Waals surface area (Å²) in [6, 6.07) is 10.0. The molecule has 1 N–H and O–H groups in total. The molecular formula is C17H21N3O. The molecule has 2 aromatic rings. The van der Waals surface area contributed by atoms with Gasteiger partial charge in [0.25, 0.3) is 0 Å². The van der Waals surface area contributed by atoms with Gasteiger partial charge in [-0.15, -0.1) is 0 Å². The lowest BCUT2D eigenvalue weighted by Gasteiger charge is -2.26. The predicted octanol–water partition coefficient (Wildman–Crippen LogP) is 2.59. The van der Waals surface area contributed by atoms with Crippen molar-refractivity contribution < 1.29 is 5.11 Å². The van der Waals surface area contributed by atoms with Crippen LogP contribution in [0.2, 0.25) is 0 Å². The number of anilines is 1. The summed E-state index contributed by atoms with van der Waals surface area (Å²) in [7, 11) is 0. The van der Waals surface area contributed by atoms with Crippen molar-refractivity contribution in [1.82, 2.24) is 9.97 Å². The van der Waals surface area contributed by atoms with E-state index in [2.05, 4.69) is 14.9 Å². The highest BCUT2D eigenvalue weighted by Crippen LogP contribution is 2.24. The Bertz CT molecular complexity index is 550. The molecule has 1 saturated heterocycles. The molecule has 0 aliphatic carbocycles. The number of hydrogen-bond donors (Lipinski definition) is 1. The smallest absolute Gasteiger partial charge is 0.225 e. The second kappa shape index (κ2) is 6.68. The molecule has 4 nitrogen and oxygen atoms in total. The van der Waals surface area contributed by atoms with E-state index >= 15 is 0 Å². The molecule has 0 saturated carbocycles. The van der Waals surface area contributed by atoms with E-state index in [9.17, 15) is 5.11 Å². The fourth-order valence-electron chi connectivity index (χ4n) is 2.86. The molecule has 4 heteroatoms. The van der Waals surface area contributed by atoms with Gasteiger partial charge < -0.3 is 10.0 Å². The molecule has 0 unspecified atom stereocenters. The van der Waals surface area contributed by atoms with Crippen molar-refractivity contribution in [3.8, 4) is 0 Å². The summed E-state index contributed by atoms with van der Waals surface area (Å²) in [5.74, 6) is 0.754. The summed E-state index contributed by atoms with van der Waals surface area (Å²) in [4.78, 5) is 11.2. The SMILES string of the molecule is OC[C@H](c1ccccc1)c1cnc(N2CCCCC2)nc1. The average Bonchev–Trinajstić information content (AvgIpc) is 2.58. The quantitative estimate of drug-likeness (QED) is 0.937. The number of aromatic nitrogens is 2. The summed E-state index contributed by atoms with van der Waals surface area (Å²) in [6.07, 6.45) is 7.44. The molecule has 1 atom stereocenters. The van der Waals surface area contributed by atoms with Gasteiger partial charge in [-0.05, 0) is 30.4 Å². The minimum absolute atomic E-state index is 0.0541. The summed E-state index contributed by atoms with van der Waals surface area (Å²) in [6.45, 7) is 2.15. The Hall–Kier alpha value is -1.94. The van der Waals surface area contributed by atoms with Crippen LogP contribution in [0.3, 0.4) is 0 Å². The Morgan fingerprint density at radius 1 is 0.952 bits per heavy atom. The highest BCUT2D eigenvalue weighted by molar-refractivity contribution is 5.34. The second-order valence-electron chi connectivity index (χ2n) is 5.51. The third-order valence-corrected chi connectivity index (χ3v) is 4.08. The van der Waals surface area contributed by atoms with Crippen molar-refractivity contribution in [2.75, 3.05) is 24.6 Å². The maximum absolute atomic E-state index is 9.68. The Morgan fingerprint density at radius 3 is 2.24 bits per heavy atom. The Kier molecular flexibility index (Phi) is 4.46. The monoisotopic (exact) mass is 283 g/mol. The van der Waals surface area contributed by atoms with Gasteiger partial charge >= 0.3 is 0 Å². The van der Waals surface area contributed by atoms with E-state index in [0.29, 0.717) is 0 Å². The molecule has 1 aromatic carbocycles. The highest BCUT2D eigenvalue weighted by Gasteiger charge is 2.16. The summed E-state index contributed by atoms with van der Waals surface area (Å²) >= 11 is 0. The first-order chi connectivity index (χ1) is 10.4. The van der Waals surface area contributed by atoms with Crippen LogP contribution in [0.15, 0.2) is 42.7 Å².